The van der Waals surface area contributed by atoms with Crippen LogP contribution in [0.4, 0.5) is 5.69 Å². The lowest BCUT2D eigenvalue weighted by atomic mass is 10.2. The van der Waals surface area contributed by atoms with Crippen molar-refractivity contribution in [3.63, 3.8) is 0 Å². The van der Waals surface area contributed by atoms with Crippen molar-refractivity contribution in [3.8, 4) is 0 Å². The molecule has 0 radical (unpaired) electrons. The van der Waals surface area contributed by atoms with Gasteiger partial charge >= 0.3 is 0 Å². The first-order valence-electron chi connectivity index (χ1n) is 3.34. The first kappa shape index (κ1) is 8.98. The van der Waals surface area contributed by atoms with E-state index < -0.39 is 9.83 Å². The Labute approximate surface area is 73.1 Å². The summed E-state index contributed by atoms with van der Waals surface area (Å²) < 4.78 is 0. The summed E-state index contributed by atoms with van der Waals surface area (Å²) in [6, 6.07) is 5.37. The molecule has 0 unspecified atom stereocenters. The van der Waals surface area contributed by atoms with Gasteiger partial charge in [-0.3, -0.25) is 15.3 Å². The number of nitrogens with zero attached hydrogens (tertiary/aromatic N) is 2. The summed E-state index contributed by atoms with van der Waals surface area (Å²) in [5.41, 5.74) is 0.141. The second-order valence-corrected chi connectivity index (χ2v) is 2.28. The van der Waals surface area contributed by atoms with E-state index in [4.69, 9.17) is 5.21 Å². The van der Waals surface area contributed by atoms with Crippen LogP contribution in [0.2, 0.25) is 0 Å². The fourth-order valence-electron chi connectivity index (χ4n) is 0.846. The highest BCUT2D eigenvalue weighted by molar-refractivity contribution is 5.76. The SMILES string of the molecule is O=[N+]([O-])c1cccc(/C=[N+](/[O-])O)c1. The van der Waals surface area contributed by atoms with Crippen LogP contribution < -0.4 is 0 Å². The average molecular weight is 182 g/mol. The summed E-state index contributed by atoms with van der Waals surface area (Å²) in [7, 11) is 0. The van der Waals surface area contributed by atoms with Crippen LogP contribution in [0, 0.1) is 15.3 Å². The quantitative estimate of drug-likeness (QED) is 0.242. The zero-order valence-electron chi connectivity index (χ0n) is 6.45. The topological polar surface area (TPSA) is 89.4 Å². The largest absolute Gasteiger partial charge is 0.418 e. The predicted octanol–water partition coefficient (Wildman–Crippen LogP) is 0.913. The first-order valence-corrected chi connectivity index (χ1v) is 3.34. The molecule has 1 aromatic carbocycles. The predicted molar refractivity (Wildman–Crippen MR) is 43.7 cm³/mol. The number of non-ortho nitro benzene ring substituents is 1. The molecule has 1 rings (SSSR count). The van der Waals surface area contributed by atoms with Crippen LogP contribution in [0.5, 0.6) is 0 Å². The molecule has 0 aliphatic rings. The third kappa shape index (κ3) is 2.44. The Morgan fingerprint density at radius 1 is 1.38 bits per heavy atom. The van der Waals surface area contributed by atoms with Gasteiger partial charge < -0.3 is 5.21 Å². The molecule has 1 N–H and O–H groups in total. The normalized spacial score (nSPS) is 11.2. The van der Waals surface area contributed by atoms with E-state index >= 15 is 0 Å². The molecule has 0 aromatic heterocycles. The van der Waals surface area contributed by atoms with E-state index in [0.29, 0.717) is 0 Å². The molecule has 6 heteroatoms. The molecular weight excluding hydrogens is 176 g/mol. The van der Waals surface area contributed by atoms with Gasteiger partial charge in [-0.2, -0.15) is 0 Å². The van der Waals surface area contributed by atoms with Crippen molar-refractivity contribution >= 4 is 11.9 Å². The van der Waals surface area contributed by atoms with Crippen molar-refractivity contribution in [2.45, 2.75) is 0 Å². The summed E-state index contributed by atoms with van der Waals surface area (Å²) in [4.78, 5) is 9.29. The van der Waals surface area contributed by atoms with Crippen LogP contribution >= 0.6 is 0 Å². The zero-order chi connectivity index (χ0) is 9.84. The number of nitro benzene ring substituents is 1. The highest BCUT2D eigenvalue weighted by Crippen LogP contribution is 2.11. The monoisotopic (exact) mass is 182 g/mol. The summed E-state index contributed by atoms with van der Waals surface area (Å²) in [6.45, 7) is 0. The van der Waals surface area contributed by atoms with Gasteiger partial charge in [0.15, 0.2) is 0 Å². The van der Waals surface area contributed by atoms with Gasteiger partial charge in [-0.15, -0.1) is 0 Å². The maximum atomic E-state index is 10.3. The second kappa shape index (κ2) is 3.53. The van der Waals surface area contributed by atoms with Crippen LogP contribution in [0.1, 0.15) is 5.56 Å². The molecular formula is C7H6N2O4. The summed E-state index contributed by atoms with van der Waals surface area (Å²) in [6.07, 6.45) is 0.826. The molecule has 0 atom stereocenters. The van der Waals surface area contributed by atoms with Crippen LogP contribution in [0.15, 0.2) is 24.3 Å². The van der Waals surface area contributed by atoms with Gasteiger partial charge in [-0.1, -0.05) is 6.07 Å². The van der Waals surface area contributed by atoms with E-state index in [1.54, 1.807) is 0 Å². The van der Waals surface area contributed by atoms with Crippen molar-refractivity contribution < 1.29 is 15.0 Å². The van der Waals surface area contributed by atoms with Gasteiger partial charge in [-0.25, -0.2) is 0 Å². The molecule has 6 nitrogen and oxygen atoms in total. The molecule has 1 aromatic rings. The minimum absolute atomic E-state index is 0.129. The molecule has 0 spiro atoms. The van der Waals surface area contributed by atoms with E-state index in [1.807, 2.05) is 0 Å². The summed E-state index contributed by atoms with van der Waals surface area (Å²) in [5, 5.41) is 28.7. The van der Waals surface area contributed by atoms with E-state index in [0.717, 1.165) is 6.21 Å². The van der Waals surface area contributed by atoms with Crippen molar-refractivity contribution in [2.24, 2.45) is 0 Å². The molecule has 0 aliphatic carbocycles. The lowest BCUT2D eigenvalue weighted by Crippen LogP contribution is -1.98. The lowest BCUT2D eigenvalue weighted by molar-refractivity contribution is -0.722. The summed E-state index contributed by atoms with van der Waals surface area (Å²) >= 11 is 0. The molecule has 0 saturated carbocycles. The number of benzene rings is 1. The van der Waals surface area contributed by atoms with Crippen molar-refractivity contribution in [3.05, 3.63) is 45.2 Å². The lowest BCUT2D eigenvalue weighted by Gasteiger charge is -1.91. The summed E-state index contributed by atoms with van der Waals surface area (Å²) in [5.74, 6) is 0. The van der Waals surface area contributed by atoms with Crippen molar-refractivity contribution in [1.82, 2.24) is 0 Å². The highest BCUT2D eigenvalue weighted by atomic mass is 16.8. The van der Waals surface area contributed by atoms with E-state index in [1.165, 1.54) is 24.3 Å². The minimum atomic E-state index is -0.580. The van der Waals surface area contributed by atoms with Crippen molar-refractivity contribution in [2.75, 3.05) is 0 Å². The fourth-order valence-corrected chi connectivity index (χ4v) is 0.846. The molecule has 0 bridgehead atoms. The Bertz CT molecular complexity index is 357. The molecule has 0 saturated heterocycles. The van der Waals surface area contributed by atoms with Crippen LogP contribution in [0.3, 0.4) is 0 Å². The number of hydrogen-bond acceptors (Lipinski definition) is 4. The van der Waals surface area contributed by atoms with E-state index in [9.17, 15) is 15.3 Å². The van der Waals surface area contributed by atoms with E-state index in [2.05, 4.69) is 0 Å². The Balaban J connectivity index is 3.06. The van der Waals surface area contributed by atoms with Crippen LogP contribution in [-0.2, 0) is 0 Å². The number of hydrogen-bond donors (Lipinski definition) is 1. The Morgan fingerprint density at radius 2 is 2.08 bits per heavy atom. The van der Waals surface area contributed by atoms with Gasteiger partial charge in [0.05, 0.1) is 10.5 Å². The highest BCUT2D eigenvalue weighted by Gasteiger charge is 2.05. The van der Waals surface area contributed by atoms with Gasteiger partial charge in [0, 0.05) is 17.0 Å². The third-order valence-corrected chi connectivity index (χ3v) is 1.34. The fraction of sp³-hybridized carbons (Fsp3) is 0. The second-order valence-electron chi connectivity index (χ2n) is 2.28. The zero-order valence-corrected chi connectivity index (χ0v) is 6.45. The Kier molecular flexibility index (Phi) is 2.44. The molecule has 68 valence electrons. The molecule has 13 heavy (non-hydrogen) atoms. The standard InChI is InChI=1S/C7H6N2O4/c10-8(11)5-6-2-1-3-7(4-6)9(12)13/h1-5H,(H,10,11). The van der Waals surface area contributed by atoms with Crippen LogP contribution in [0.25, 0.3) is 0 Å². The Hall–Kier alpha value is -2.11. The van der Waals surface area contributed by atoms with Gasteiger partial charge in [0.25, 0.3) is 5.69 Å². The van der Waals surface area contributed by atoms with Crippen LogP contribution in [-0.4, -0.2) is 21.2 Å². The molecule has 0 aliphatic heterocycles. The Morgan fingerprint density at radius 3 is 2.62 bits per heavy atom. The van der Waals surface area contributed by atoms with E-state index in [-0.39, 0.29) is 11.3 Å². The van der Waals surface area contributed by atoms with Crippen molar-refractivity contribution in [1.29, 1.82) is 0 Å². The average Bonchev–Trinajstić information content (AvgIpc) is 2.03. The first-order chi connectivity index (χ1) is 6.09. The smallest absolute Gasteiger partial charge is 0.270 e. The molecule has 0 fully saturated rings. The molecule has 0 heterocycles. The van der Waals surface area contributed by atoms with Gasteiger partial charge in [0.2, 0.25) is 6.21 Å². The third-order valence-electron chi connectivity index (χ3n) is 1.34. The maximum Gasteiger partial charge on any atom is 0.270 e. The molecule has 0 amide bonds. The minimum Gasteiger partial charge on any atom is -0.418 e. The van der Waals surface area contributed by atoms with Gasteiger partial charge in [0.1, 0.15) is 0 Å². The number of nitro groups is 1. The maximum absolute atomic E-state index is 10.3. The van der Waals surface area contributed by atoms with Gasteiger partial charge in [-0.05, 0) is 6.07 Å². The number of rotatable bonds is 2.